The number of rotatable bonds is 3. The number of hydrogen-bond acceptors (Lipinski definition) is 2. The maximum Gasteiger partial charge on any atom is 0.229 e. The monoisotopic (exact) mass is 308 g/mol. The van der Waals surface area contributed by atoms with Gasteiger partial charge in [0.05, 0.1) is 6.04 Å². The molecule has 5 heteroatoms. The van der Waals surface area contributed by atoms with Crippen LogP contribution < -0.4 is 10.2 Å². The zero-order valence-corrected chi connectivity index (χ0v) is 13.4. The van der Waals surface area contributed by atoms with Gasteiger partial charge in [0.2, 0.25) is 11.8 Å². The van der Waals surface area contributed by atoms with Crippen LogP contribution in [0.3, 0.4) is 0 Å². The van der Waals surface area contributed by atoms with Gasteiger partial charge >= 0.3 is 0 Å². The second kappa shape index (κ2) is 6.06. The third kappa shape index (κ3) is 4.46. The van der Waals surface area contributed by atoms with Crippen molar-refractivity contribution in [3.8, 4) is 0 Å². The van der Waals surface area contributed by atoms with Crippen molar-refractivity contribution in [3.63, 3.8) is 0 Å². The van der Waals surface area contributed by atoms with Crippen LogP contribution >= 0.6 is 11.6 Å². The molecule has 0 aromatic heterocycles. The minimum Gasteiger partial charge on any atom is -0.351 e. The number of halogens is 1. The lowest BCUT2D eigenvalue weighted by Gasteiger charge is -2.20. The van der Waals surface area contributed by atoms with E-state index in [9.17, 15) is 9.59 Å². The van der Waals surface area contributed by atoms with Gasteiger partial charge in [0.15, 0.2) is 0 Å². The average Bonchev–Trinajstić information content (AvgIpc) is 2.68. The van der Waals surface area contributed by atoms with Crippen LogP contribution in [-0.2, 0) is 9.59 Å². The molecule has 0 saturated carbocycles. The van der Waals surface area contributed by atoms with Crippen LogP contribution in [0, 0.1) is 5.41 Å². The van der Waals surface area contributed by atoms with Gasteiger partial charge in [-0.05, 0) is 29.7 Å². The van der Waals surface area contributed by atoms with Crippen LogP contribution in [0.25, 0.3) is 0 Å². The Kier molecular flexibility index (Phi) is 4.57. The summed E-state index contributed by atoms with van der Waals surface area (Å²) < 4.78 is 0. The summed E-state index contributed by atoms with van der Waals surface area (Å²) in [6, 6.07) is 7.04. The minimum atomic E-state index is -0.122. The van der Waals surface area contributed by atoms with E-state index in [1.54, 1.807) is 17.0 Å². The first-order valence-electron chi connectivity index (χ1n) is 7.10. The summed E-state index contributed by atoms with van der Waals surface area (Å²) in [6.45, 7) is 6.57. The molecule has 1 aliphatic rings. The molecule has 1 unspecified atom stereocenters. The predicted octanol–water partition coefficient (Wildman–Crippen LogP) is 3.00. The lowest BCUT2D eigenvalue weighted by atomic mass is 9.92. The molecule has 0 radical (unpaired) electrons. The molecule has 0 spiro atoms. The zero-order valence-electron chi connectivity index (χ0n) is 12.6. The van der Waals surface area contributed by atoms with Crippen molar-refractivity contribution in [2.45, 2.75) is 39.7 Å². The van der Waals surface area contributed by atoms with E-state index in [1.165, 1.54) is 0 Å². The topological polar surface area (TPSA) is 49.4 Å². The van der Waals surface area contributed by atoms with E-state index in [4.69, 9.17) is 11.6 Å². The molecule has 1 atom stereocenters. The largest absolute Gasteiger partial charge is 0.351 e. The Morgan fingerprint density at radius 1 is 1.33 bits per heavy atom. The summed E-state index contributed by atoms with van der Waals surface area (Å²) in [6.07, 6.45) is 0.803. The Bertz CT molecular complexity index is 534. The summed E-state index contributed by atoms with van der Waals surface area (Å²) in [5, 5.41) is 3.59. The number of nitrogens with zero attached hydrogens (tertiary/aromatic N) is 1. The molecule has 1 N–H and O–H groups in total. The quantitative estimate of drug-likeness (QED) is 0.933. The third-order valence-corrected chi connectivity index (χ3v) is 3.57. The smallest absolute Gasteiger partial charge is 0.229 e. The Hall–Kier alpha value is -1.55. The van der Waals surface area contributed by atoms with Crippen LogP contribution in [-0.4, -0.2) is 24.4 Å². The van der Waals surface area contributed by atoms with Crippen molar-refractivity contribution >= 4 is 29.1 Å². The first-order chi connectivity index (χ1) is 9.74. The SMILES string of the molecule is CC(C)(C)CC(=O)NC1CC(=O)N(c2ccc(Cl)cc2)C1. The number of benzene rings is 1. The van der Waals surface area contributed by atoms with E-state index in [0.717, 1.165) is 5.69 Å². The van der Waals surface area contributed by atoms with Gasteiger partial charge in [-0.2, -0.15) is 0 Å². The Morgan fingerprint density at radius 3 is 2.52 bits per heavy atom. The van der Waals surface area contributed by atoms with Crippen LogP contribution in [0.1, 0.15) is 33.6 Å². The molecule has 1 aromatic carbocycles. The molecule has 1 fully saturated rings. The van der Waals surface area contributed by atoms with Crippen LogP contribution in [0.15, 0.2) is 24.3 Å². The predicted molar refractivity (Wildman–Crippen MR) is 84.4 cm³/mol. The molecule has 0 bridgehead atoms. The molecule has 1 aromatic rings. The number of carbonyl (C=O) groups excluding carboxylic acids is 2. The van der Waals surface area contributed by atoms with Crippen molar-refractivity contribution in [2.24, 2.45) is 5.41 Å². The molecule has 114 valence electrons. The maximum atomic E-state index is 12.1. The van der Waals surface area contributed by atoms with Crippen molar-refractivity contribution in [2.75, 3.05) is 11.4 Å². The lowest BCUT2D eigenvalue weighted by Crippen LogP contribution is -2.38. The van der Waals surface area contributed by atoms with Crippen molar-refractivity contribution in [1.29, 1.82) is 0 Å². The molecule has 21 heavy (non-hydrogen) atoms. The highest BCUT2D eigenvalue weighted by Crippen LogP contribution is 2.24. The molecule has 4 nitrogen and oxygen atoms in total. The van der Waals surface area contributed by atoms with Gasteiger partial charge in [-0.25, -0.2) is 0 Å². The fourth-order valence-corrected chi connectivity index (χ4v) is 2.56. The second-order valence-electron chi connectivity index (χ2n) is 6.69. The summed E-state index contributed by atoms with van der Waals surface area (Å²) >= 11 is 5.85. The number of nitrogens with one attached hydrogen (secondary N) is 1. The van der Waals surface area contributed by atoms with Gasteiger partial charge in [0.25, 0.3) is 0 Å². The fraction of sp³-hybridized carbons (Fsp3) is 0.500. The molecule has 1 aliphatic heterocycles. The van der Waals surface area contributed by atoms with Gasteiger partial charge in [0, 0.05) is 30.1 Å². The highest BCUT2D eigenvalue weighted by Gasteiger charge is 2.32. The van der Waals surface area contributed by atoms with Crippen LogP contribution in [0.2, 0.25) is 5.02 Å². The maximum absolute atomic E-state index is 12.1. The number of anilines is 1. The number of carbonyl (C=O) groups is 2. The van der Waals surface area contributed by atoms with Crippen LogP contribution in [0.4, 0.5) is 5.69 Å². The van der Waals surface area contributed by atoms with E-state index < -0.39 is 0 Å². The number of hydrogen-bond donors (Lipinski definition) is 1. The normalized spacial score (nSPS) is 19.0. The molecular weight excluding hydrogens is 288 g/mol. The van der Waals surface area contributed by atoms with Crippen molar-refractivity contribution in [3.05, 3.63) is 29.3 Å². The lowest BCUT2D eigenvalue weighted by molar-refractivity contribution is -0.123. The first kappa shape index (κ1) is 15.8. The highest BCUT2D eigenvalue weighted by molar-refractivity contribution is 6.30. The van der Waals surface area contributed by atoms with Crippen molar-refractivity contribution < 1.29 is 9.59 Å². The zero-order chi connectivity index (χ0) is 15.6. The Labute approximate surface area is 130 Å². The third-order valence-electron chi connectivity index (χ3n) is 3.32. The van der Waals surface area contributed by atoms with Crippen molar-refractivity contribution in [1.82, 2.24) is 5.32 Å². The van der Waals surface area contributed by atoms with Gasteiger partial charge in [-0.3, -0.25) is 9.59 Å². The molecule has 2 rings (SSSR count). The summed E-state index contributed by atoms with van der Waals surface area (Å²) in [4.78, 5) is 25.7. The molecular formula is C16H21ClN2O2. The van der Waals surface area contributed by atoms with E-state index in [1.807, 2.05) is 32.9 Å². The standard InChI is InChI=1S/C16H21ClN2O2/c1-16(2,3)9-14(20)18-12-8-15(21)19(10-12)13-6-4-11(17)5-7-13/h4-7,12H,8-10H2,1-3H3,(H,18,20). The van der Waals surface area contributed by atoms with Gasteiger partial charge in [-0.15, -0.1) is 0 Å². The molecule has 1 saturated heterocycles. The van der Waals surface area contributed by atoms with E-state index in [2.05, 4.69) is 5.32 Å². The highest BCUT2D eigenvalue weighted by atomic mass is 35.5. The van der Waals surface area contributed by atoms with E-state index in [-0.39, 0.29) is 23.3 Å². The summed E-state index contributed by atoms with van der Waals surface area (Å²) in [5.74, 6) is 0.0247. The van der Waals surface area contributed by atoms with Gasteiger partial charge in [0.1, 0.15) is 0 Å². The molecule has 1 heterocycles. The van der Waals surface area contributed by atoms with E-state index in [0.29, 0.717) is 24.4 Å². The molecule has 2 amide bonds. The fourth-order valence-electron chi connectivity index (χ4n) is 2.44. The second-order valence-corrected chi connectivity index (χ2v) is 7.12. The summed E-state index contributed by atoms with van der Waals surface area (Å²) in [7, 11) is 0. The Balaban J connectivity index is 1.96. The van der Waals surface area contributed by atoms with Crippen LogP contribution in [0.5, 0.6) is 0 Å². The first-order valence-corrected chi connectivity index (χ1v) is 7.48. The average molecular weight is 309 g/mol. The Morgan fingerprint density at radius 2 is 1.95 bits per heavy atom. The summed E-state index contributed by atoms with van der Waals surface area (Å²) in [5.41, 5.74) is 0.764. The van der Waals surface area contributed by atoms with Gasteiger partial charge < -0.3 is 10.2 Å². The molecule has 0 aliphatic carbocycles. The van der Waals surface area contributed by atoms with Gasteiger partial charge in [-0.1, -0.05) is 32.4 Å². The van der Waals surface area contributed by atoms with E-state index >= 15 is 0 Å². The minimum absolute atomic E-state index is 0.00161. The number of amides is 2.